The molecule has 19 heavy (non-hydrogen) atoms. The van der Waals surface area contributed by atoms with Crippen molar-refractivity contribution in [3.8, 4) is 17.6 Å². The maximum Gasteiger partial charge on any atom is 0.231 e. The molecule has 3 rings (SSSR count). The zero-order valence-corrected chi connectivity index (χ0v) is 10.0. The lowest BCUT2D eigenvalue weighted by atomic mass is 10.2. The average molecular weight is 250 g/mol. The Bertz CT molecular complexity index is 687. The van der Waals surface area contributed by atoms with Crippen molar-refractivity contribution in [2.24, 2.45) is 4.99 Å². The number of hydrogen-bond donors (Lipinski definition) is 0. The Morgan fingerprint density at radius 2 is 1.95 bits per heavy atom. The molecule has 0 N–H and O–H groups in total. The van der Waals surface area contributed by atoms with Crippen LogP contribution in [0.3, 0.4) is 0 Å². The molecular weight excluding hydrogens is 240 g/mol. The molecule has 2 aromatic carbocycles. The smallest absolute Gasteiger partial charge is 0.231 e. The van der Waals surface area contributed by atoms with E-state index in [1.54, 1.807) is 12.3 Å². The molecule has 0 fully saturated rings. The molecule has 2 aromatic rings. The normalized spacial score (nSPS) is 12.6. The first kappa shape index (κ1) is 11.3. The van der Waals surface area contributed by atoms with Crippen molar-refractivity contribution in [3.05, 3.63) is 53.6 Å². The summed E-state index contributed by atoms with van der Waals surface area (Å²) in [5, 5.41) is 8.98. The zero-order valence-electron chi connectivity index (χ0n) is 10.0. The highest BCUT2D eigenvalue weighted by Crippen LogP contribution is 2.32. The van der Waals surface area contributed by atoms with E-state index >= 15 is 0 Å². The number of nitriles is 1. The maximum absolute atomic E-state index is 8.98. The van der Waals surface area contributed by atoms with E-state index in [9.17, 15) is 0 Å². The minimum absolute atomic E-state index is 0.257. The van der Waals surface area contributed by atoms with Gasteiger partial charge in [-0.1, -0.05) is 12.1 Å². The maximum atomic E-state index is 8.98. The van der Waals surface area contributed by atoms with Gasteiger partial charge in [-0.15, -0.1) is 0 Å². The third-order valence-electron chi connectivity index (χ3n) is 2.77. The van der Waals surface area contributed by atoms with Crippen LogP contribution in [-0.2, 0) is 0 Å². The second kappa shape index (κ2) is 4.83. The Labute approximate surface area is 110 Å². The van der Waals surface area contributed by atoms with E-state index in [1.165, 1.54) is 0 Å². The third-order valence-corrected chi connectivity index (χ3v) is 2.77. The van der Waals surface area contributed by atoms with Crippen LogP contribution in [0.5, 0.6) is 11.5 Å². The second-order valence-electron chi connectivity index (χ2n) is 4.00. The fourth-order valence-electron chi connectivity index (χ4n) is 1.82. The lowest BCUT2D eigenvalue weighted by Crippen LogP contribution is -1.92. The number of ether oxygens (including phenoxy) is 2. The molecule has 0 spiro atoms. The lowest BCUT2D eigenvalue weighted by Gasteiger charge is -1.98. The predicted molar refractivity (Wildman–Crippen MR) is 71.0 cm³/mol. The number of nitrogens with zero attached hydrogens (tertiary/aromatic N) is 2. The van der Waals surface area contributed by atoms with Crippen LogP contribution in [0.1, 0.15) is 11.1 Å². The van der Waals surface area contributed by atoms with Gasteiger partial charge < -0.3 is 9.47 Å². The molecule has 0 aromatic heterocycles. The SMILES string of the molecule is N#Cc1ccccc1N=Cc1ccc2c(c1)OCO2. The minimum atomic E-state index is 0.257. The van der Waals surface area contributed by atoms with Crippen molar-refractivity contribution >= 4 is 11.9 Å². The van der Waals surface area contributed by atoms with Crippen molar-refractivity contribution in [1.29, 1.82) is 5.26 Å². The Morgan fingerprint density at radius 1 is 1.11 bits per heavy atom. The van der Waals surface area contributed by atoms with E-state index in [2.05, 4.69) is 11.1 Å². The summed E-state index contributed by atoms with van der Waals surface area (Å²) in [6.45, 7) is 0.257. The molecule has 4 heteroatoms. The summed E-state index contributed by atoms with van der Waals surface area (Å²) >= 11 is 0. The number of para-hydroxylation sites is 1. The van der Waals surface area contributed by atoms with E-state index in [1.807, 2.05) is 36.4 Å². The highest BCUT2D eigenvalue weighted by Gasteiger charge is 2.12. The van der Waals surface area contributed by atoms with Crippen LogP contribution in [0.2, 0.25) is 0 Å². The van der Waals surface area contributed by atoms with Crippen molar-refractivity contribution < 1.29 is 9.47 Å². The molecule has 0 amide bonds. The first-order valence-corrected chi connectivity index (χ1v) is 5.80. The number of aliphatic imine (C=N–C) groups is 1. The molecule has 0 unspecified atom stereocenters. The standard InChI is InChI=1S/C15H10N2O2/c16-8-12-3-1-2-4-13(12)17-9-11-5-6-14-15(7-11)19-10-18-14/h1-7,9H,10H2. The number of rotatable bonds is 2. The first-order valence-electron chi connectivity index (χ1n) is 5.80. The Morgan fingerprint density at radius 3 is 2.84 bits per heavy atom. The molecular formula is C15H10N2O2. The van der Waals surface area contributed by atoms with E-state index in [4.69, 9.17) is 14.7 Å². The summed E-state index contributed by atoms with van der Waals surface area (Å²) in [4.78, 5) is 4.33. The monoisotopic (exact) mass is 250 g/mol. The second-order valence-corrected chi connectivity index (χ2v) is 4.00. The van der Waals surface area contributed by atoms with Crippen LogP contribution in [0.15, 0.2) is 47.5 Å². The number of hydrogen-bond acceptors (Lipinski definition) is 4. The van der Waals surface area contributed by atoms with Crippen molar-refractivity contribution in [3.63, 3.8) is 0 Å². The zero-order chi connectivity index (χ0) is 13.1. The minimum Gasteiger partial charge on any atom is -0.454 e. The Balaban J connectivity index is 1.89. The molecule has 0 radical (unpaired) electrons. The van der Waals surface area contributed by atoms with Gasteiger partial charge in [0.05, 0.1) is 11.3 Å². The van der Waals surface area contributed by atoms with Crippen LogP contribution >= 0.6 is 0 Å². The summed E-state index contributed by atoms with van der Waals surface area (Å²) in [5.41, 5.74) is 2.11. The van der Waals surface area contributed by atoms with Gasteiger partial charge in [0.25, 0.3) is 0 Å². The highest BCUT2D eigenvalue weighted by molar-refractivity contribution is 5.83. The van der Waals surface area contributed by atoms with Crippen LogP contribution in [0.4, 0.5) is 5.69 Å². The van der Waals surface area contributed by atoms with Gasteiger partial charge >= 0.3 is 0 Å². The van der Waals surface area contributed by atoms with Crippen LogP contribution in [0, 0.1) is 11.3 Å². The molecule has 0 atom stereocenters. The van der Waals surface area contributed by atoms with Gasteiger partial charge in [0.15, 0.2) is 11.5 Å². The van der Waals surface area contributed by atoms with E-state index in [0.717, 1.165) is 17.1 Å². The number of fused-ring (bicyclic) bond motifs is 1. The Hall–Kier alpha value is -2.80. The molecule has 0 saturated carbocycles. The van der Waals surface area contributed by atoms with Crippen molar-refractivity contribution in [2.45, 2.75) is 0 Å². The van der Waals surface area contributed by atoms with Gasteiger partial charge in [-0.3, -0.25) is 4.99 Å². The topological polar surface area (TPSA) is 54.6 Å². The molecule has 1 aliphatic heterocycles. The predicted octanol–water partition coefficient (Wildman–Crippen LogP) is 3.04. The molecule has 4 nitrogen and oxygen atoms in total. The third kappa shape index (κ3) is 2.26. The molecule has 1 aliphatic rings. The molecule has 0 saturated heterocycles. The number of benzene rings is 2. The van der Waals surface area contributed by atoms with Gasteiger partial charge in [-0.05, 0) is 35.9 Å². The Kier molecular flexibility index (Phi) is 2.87. The highest BCUT2D eigenvalue weighted by atomic mass is 16.7. The average Bonchev–Trinajstić information content (AvgIpc) is 2.93. The van der Waals surface area contributed by atoms with Gasteiger partial charge in [0.1, 0.15) is 6.07 Å². The molecule has 92 valence electrons. The molecule has 1 heterocycles. The first-order chi connectivity index (χ1) is 9.36. The summed E-state index contributed by atoms with van der Waals surface area (Å²) in [6.07, 6.45) is 1.71. The lowest BCUT2D eigenvalue weighted by molar-refractivity contribution is 0.174. The summed E-state index contributed by atoms with van der Waals surface area (Å²) in [6, 6.07) is 14.9. The van der Waals surface area contributed by atoms with Crippen molar-refractivity contribution in [1.82, 2.24) is 0 Å². The molecule has 0 aliphatic carbocycles. The van der Waals surface area contributed by atoms with Crippen LogP contribution in [0.25, 0.3) is 0 Å². The fourth-order valence-corrected chi connectivity index (χ4v) is 1.82. The van der Waals surface area contributed by atoms with E-state index in [-0.39, 0.29) is 6.79 Å². The largest absolute Gasteiger partial charge is 0.454 e. The van der Waals surface area contributed by atoms with Gasteiger partial charge in [-0.25, -0.2) is 0 Å². The van der Waals surface area contributed by atoms with E-state index in [0.29, 0.717) is 11.3 Å². The van der Waals surface area contributed by atoms with Crippen LogP contribution < -0.4 is 9.47 Å². The van der Waals surface area contributed by atoms with Gasteiger partial charge in [-0.2, -0.15) is 5.26 Å². The van der Waals surface area contributed by atoms with Crippen molar-refractivity contribution in [2.75, 3.05) is 6.79 Å². The van der Waals surface area contributed by atoms with Gasteiger partial charge in [0.2, 0.25) is 6.79 Å². The summed E-state index contributed by atoms with van der Waals surface area (Å²) < 4.78 is 10.5. The molecule has 0 bridgehead atoms. The van der Waals surface area contributed by atoms with Crippen LogP contribution in [-0.4, -0.2) is 13.0 Å². The summed E-state index contributed by atoms with van der Waals surface area (Å²) in [7, 11) is 0. The summed E-state index contributed by atoms with van der Waals surface area (Å²) in [5.74, 6) is 1.46. The fraction of sp³-hybridized carbons (Fsp3) is 0.0667. The van der Waals surface area contributed by atoms with E-state index < -0.39 is 0 Å². The quantitative estimate of drug-likeness (QED) is 0.770. The van der Waals surface area contributed by atoms with Gasteiger partial charge in [0, 0.05) is 6.21 Å².